The normalized spacial score (nSPS) is 12.2. The first kappa shape index (κ1) is 30.3. The molecule has 9 heteroatoms. The standard InChI is InChI=1S/C31H38N4O5/c32-16-8-7-13-27(31(38)26(33)19-29(34)36)35-30(37)17-24-14-15-25(39-20-22-9-3-1-4-10-22)18-28(24)40-21-23-11-5-2-6-12-23/h1-6,9-12,14-15,18,26-27H,7-8,13,16-17,19-21,32-33H2,(H2,34,36)(H,35,37)/t26-,27?/m0/s1. The minimum absolute atomic E-state index is 0.0329. The lowest BCUT2D eigenvalue weighted by molar-refractivity contribution is -0.129. The van der Waals surface area contributed by atoms with Gasteiger partial charge in [0.15, 0.2) is 5.78 Å². The van der Waals surface area contributed by atoms with E-state index in [1.54, 1.807) is 18.2 Å². The number of carbonyl (C=O) groups is 3. The fraction of sp³-hybridized carbons (Fsp3) is 0.323. The first-order chi connectivity index (χ1) is 19.4. The van der Waals surface area contributed by atoms with Crippen molar-refractivity contribution in [3.8, 4) is 11.5 Å². The van der Waals surface area contributed by atoms with Crippen LogP contribution < -0.4 is 32.0 Å². The smallest absolute Gasteiger partial charge is 0.225 e. The Morgan fingerprint density at radius 3 is 2.05 bits per heavy atom. The molecule has 0 fully saturated rings. The van der Waals surface area contributed by atoms with E-state index in [1.807, 2.05) is 60.7 Å². The maximum absolute atomic E-state index is 13.1. The Kier molecular flexibility index (Phi) is 12.2. The molecule has 212 valence electrons. The third-order valence-corrected chi connectivity index (χ3v) is 6.29. The zero-order valence-corrected chi connectivity index (χ0v) is 22.6. The fourth-order valence-electron chi connectivity index (χ4n) is 4.15. The number of carbonyl (C=O) groups excluding carboxylic acids is 3. The molecule has 2 atom stereocenters. The average molecular weight is 547 g/mol. The molecule has 0 saturated carbocycles. The predicted octanol–water partition coefficient (Wildman–Crippen LogP) is 2.77. The van der Waals surface area contributed by atoms with Gasteiger partial charge in [-0.15, -0.1) is 0 Å². The summed E-state index contributed by atoms with van der Waals surface area (Å²) in [6, 6.07) is 22.9. The SMILES string of the molecule is NCCCCC(NC(=O)Cc1ccc(OCc2ccccc2)cc1OCc1ccccc1)C(=O)[C@@H](N)CC(N)=O. The number of ether oxygens (including phenoxy) is 2. The number of Topliss-reactive ketones (excluding diaryl/α,β-unsaturated/α-hetero) is 1. The van der Waals surface area contributed by atoms with E-state index in [4.69, 9.17) is 26.7 Å². The van der Waals surface area contributed by atoms with E-state index in [0.717, 1.165) is 11.1 Å². The van der Waals surface area contributed by atoms with Gasteiger partial charge in [-0.1, -0.05) is 66.7 Å². The van der Waals surface area contributed by atoms with E-state index < -0.39 is 23.8 Å². The van der Waals surface area contributed by atoms with Crippen molar-refractivity contribution >= 4 is 17.6 Å². The van der Waals surface area contributed by atoms with Crippen LogP contribution in [0.15, 0.2) is 78.9 Å². The zero-order chi connectivity index (χ0) is 28.7. The predicted molar refractivity (Wildman–Crippen MR) is 153 cm³/mol. The lowest BCUT2D eigenvalue weighted by Gasteiger charge is -2.21. The Morgan fingerprint density at radius 2 is 1.45 bits per heavy atom. The van der Waals surface area contributed by atoms with E-state index in [0.29, 0.717) is 56.1 Å². The number of ketones is 1. The zero-order valence-electron chi connectivity index (χ0n) is 22.6. The van der Waals surface area contributed by atoms with Crippen LogP contribution in [0.5, 0.6) is 11.5 Å². The summed E-state index contributed by atoms with van der Waals surface area (Å²) in [7, 11) is 0. The van der Waals surface area contributed by atoms with Crippen LogP contribution in [0.1, 0.15) is 42.4 Å². The summed E-state index contributed by atoms with van der Waals surface area (Å²) < 4.78 is 12.1. The van der Waals surface area contributed by atoms with Crippen molar-refractivity contribution in [1.82, 2.24) is 5.32 Å². The molecule has 0 spiro atoms. The van der Waals surface area contributed by atoms with Gasteiger partial charge >= 0.3 is 0 Å². The number of benzene rings is 3. The molecule has 3 aromatic carbocycles. The van der Waals surface area contributed by atoms with Gasteiger partial charge in [-0.05, 0) is 43.0 Å². The van der Waals surface area contributed by atoms with Gasteiger partial charge in [0.25, 0.3) is 0 Å². The number of hydrogen-bond acceptors (Lipinski definition) is 7. The molecule has 40 heavy (non-hydrogen) atoms. The van der Waals surface area contributed by atoms with Crippen molar-refractivity contribution in [3.63, 3.8) is 0 Å². The Labute approximate surface area is 235 Å². The summed E-state index contributed by atoms with van der Waals surface area (Å²) in [6.07, 6.45) is 1.35. The van der Waals surface area contributed by atoms with E-state index >= 15 is 0 Å². The van der Waals surface area contributed by atoms with E-state index in [9.17, 15) is 14.4 Å². The second-order valence-electron chi connectivity index (χ2n) is 9.58. The Balaban J connectivity index is 1.74. The molecular formula is C31H38N4O5. The second-order valence-corrected chi connectivity index (χ2v) is 9.58. The quantitative estimate of drug-likeness (QED) is 0.189. The van der Waals surface area contributed by atoms with Crippen LogP contribution >= 0.6 is 0 Å². The minimum atomic E-state index is -1.09. The Morgan fingerprint density at radius 1 is 0.825 bits per heavy atom. The topological polar surface area (TPSA) is 160 Å². The van der Waals surface area contributed by atoms with Crippen molar-refractivity contribution in [3.05, 3.63) is 95.6 Å². The Hall–Kier alpha value is -4.21. The lowest BCUT2D eigenvalue weighted by Crippen LogP contribution is -2.49. The van der Waals surface area contributed by atoms with Crippen LogP contribution in [0.3, 0.4) is 0 Å². The summed E-state index contributed by atoms with van der Waals surface area (Å²) in [4.78, 5) is 37.3. The van der Waals surface area contributed by atoms with E-state index in [-0.39, 0.29) is 18.7 Å². The number of unbranched alkanes of at least 4 members (excludes halogenated alkanes) is 1. The van der Waals surface area contributed by atoms with Crippen LogP contribution in [-0.2, 0) is 34.0 Å². The van der Waals surface area contributed by atoms with Gasteiger partial charge in [-0.3, -0.25) is 14.4 Å². The highest BCUT2D eigenvalue weighted by Gasteiger charge is 2.27. The number of hydrogen-bond donors (Lipinski definition) is 4. The summed E-state index contributed by atoms with van der Waals surface area (Å²) in [6.45, 7) is 1.15. The van der Waals surface area contributed by atoms with Crippen LogP contribution in [0.2, 0.25) is 0 Å². The maximum Gasteiger partial charge on any atom is 0.225 e. The molecule has 0 radical (unpaired) electrons. The van der Waals surface area contributed by atoms with Crippen LogP contribution in [0, 0.1) is 0 Å². The fourth-order valence-corrected chi connectivity index (χ4v) is 4.15. The highest BCUT2D eigenvalue weighted by atomic mass is 16.5. The molecule has 0 heterocycles. The van der Waals surface area contributed by atoms with Crippen LogP contribution in [0.4, 0.5) is 0 Å². The van der Waals surface area contributed by atoms with Gasteiger partial charge in [-0.25, -0.2) is 0 Å². The van der Waals surface area contributed by atoms with Crippen molar-refractivity contribution in [1.29, 1.82) is 0 Å². The number of nitrogens with one attached hydrogen (secondary N) is 1. The molecule has 0 aromatic heterocycles. The third kappa shape index (κ3) is 10.2. The summed E-state index contributed by atoms with van der Waals surface area (Å²) in [5.41, 5.74) is 19.3. The van der Waals surface area contributed by atoms with Crippen LogP contribution in [-0.4, -0.2) is 36.2 Å². The monoisotopic (exact) mass is 546 g/mol. The van der Waals surface area contributed by atoms with Gasteiger partial charge in [0, 0.05) is 18.1 Å². The molecule has 0 saturated heterocycles. The molecule has 0 aliphatic heterocycles. The van der Waals surface area contributed by atoms with Gasteiger partial charge in [0.05, 0.1) is 18.5 Å². The maximum atomic E-state index is 13.1. The number of amides is 2. The molecule has 7 N–H and O–H groups in total. The molecule has 3 rings (SSSR count). The first-order valence-electron chi connectivity index (χ1n) is 13.4. The molecule has 2 amide bonds. The number of rotatable bonds is 17. The first-order valence-corrected chi connectivity index (χ1v) is 13.4. The number of primary amides is 1. The molecule has 0 aliphatic carbocycles. The molecule has 0 bridgehead atoms. The Bertz CT molecular complexity index is 1240. The van der Waals surface area contributed by atoms with Crippen molar-refractivity contribution in [2.75, 3.05) is 6.54 Å². The van der Waals surface area contributed by atoms with Gasteiger partial charge in [0.2, 0.25) is 11.8 Å². The number of nitrogens with two attached hydrogens (primary N) is 3. The highest BCUT2D eigenvalue weighted by Crippen LogP contribution is 2.27. The molecule has 9 nitrogen and oxygen atoms in total. The molecular weight excluding hydrogens is 508 g/mol. The highest BCUT2D eigenvalue weighted by molar-refractivity contribution is 5.95. The molecule has 0 aliphatic rings. The lowest BCUT2D eigenvalue weighted by atomic mass is 9.97. The second kappa shape index (κ2) is 16.0. The third-order valence-electron chi connectivity index (χ3n) is 6.29. The van der Waals surface area contributed by atoms with Gasteiger partial charge < -0.3 is 32.0 Å². The van der Waals surface area contributed by atoms with Gasteiger partial charge in [0.1, 0.15) is 24.7 Å². The summed E-state index contributed by atoms with van der Waals surface area (Å²) in [5, 5.41) is 2.79. The van der Waals surface area contributed by atoms with E-state index in [1.165, 1.54) is 0 Å². The largest absolute Gasteiger partial charge is 0.489 e. The van der Waals surface area contributed by atoms with E-state index in [2.05, 4.69) is 5.32 Å². The average Bonchev–Trinajstić information content (AvgIpc) is 2.95. The summed E-state index contributed by atoms with van der Waals surface area (Å²) in [5.74, 6) is -0.388. The van der Waals surface area contributed by atoms with Crippen molar-refractivity contribution in [2.24, 2.45) is 17.2 Å². The molecule has 3 aromatic rings. The van der Waals surface area contributed by atoms with Crippen LogP contribution in [0.25, 0.3) is 0 Å². The molecule has 1 unspecified atom stereocenters. The minimum Gasteiger partial charge on any atom is -0.489 e. The summed E-state index contributed by atoms with van der Waals surface area (Å²) >= 11 is 0. The van der Waals surface area contributed by atoms with Gasteiger partial charge in [-0.2, -0.15) is 0 Å². The van der Waals surface area contributed by atoms with Crippen molar-refractivity contribution < 1.29 is 23.9 Å². The van der Waals surface area contributed by atoms with Crippen molar-refractivity contribution in [2.45, 2.75) is 57.4 Å².